The molecule has 0 spiro atoms. The highest BCUT2D eigenvalue weighted by Crippen LogP contribution is 2.23. The molecule has 120 valence electrons. The van der Waals surface area contributed by atoms with Crippen LogP contribution >= 0.6 is 11.8 Å². The van der Waals surface area contributed by atoms with E-state index in [1.807, 2.05) is 23.1 Å². The van der Waals surface area contributed by atoms with E-state index in [1.165, 1.54) is 4.90 Å². The van der Waals surface area contributed by atoms with E-state index >= 15 is 0 Å². The smallest absolute Gasteiger partial charge is 0.303 e. The molecule has 0 bridgehead atoms. The summed E-state index contributed by atoms with van der Waals surface area (Å²) in [6.07, 6.45) is 3.46. The van der Waals surface area contributed by atoms with Crippen molar-refractivity contribution >= 4 is 23.6 Å². The van der Waals surface area contributed by atoms with E-state index in [4.69, 9.17) is 5.11 Å². The van der Waals surface area contributed by atoms with Crippen molar-refractivity contribution in [2.24, 2.45) is 5.92 Å². The van der Waals surface area contributed by atoms with E-state index < -0.39 is 5.97 Å². The van der Waals surface area contributed by atoms with Crippen molar-refractivity contribution in [1.29, 1.82) is 0 Å². The van der Waals surface area contributed by atoms with Gasteiger partial charge in [0.25, 0.3) is 0 Å². The number of piperidine rings is 1. The third-order valence-electron chi connectivity index (χ3n) is 3.97. The second-order valence-electron chi connectivity index (χ2n) is 5.69. The van der Waals surface area contributed by atoms with Gasteiger partial charge in [-0.15, -0.1) is 11.8 Å². The minimum atomic E-state index is -0.747. The van der Waals surface area contributed by atoms with Gasteiger partial charge in [-0.1, -0.05) is 18.2 Å². The van der Waals surface area contributed by atoms with Gasteiger partial charge < -0.3 is 10.0 Å². The van der Waals surface area contributed by atoms with Crippen LogP contribution in [-0.2, 0) is 9.59 Å². The molecular formula is C17H23NO3S. The Morgan fingerprint density at radius 3 is 2.73 bits per heavy atom. The largest absolute Gasteiger partial charge is 0.481 e. The zero-order valence-corrected chi connectivity index (χ0v) is 13.6. The number of amides is 1. The number of carboxylic acid groups (broad SMARTS) is 1. The molecule has 4 nitrogen and oxygen atoms in total. The lowest BCUT2D eigenvalue weighted by molar-refractivity contribution is -0.137. The maximum atomic E-state index is 12.3. The maximum absolute atomic E-state index is 12.3. The normalized spacial score (nSPS) is 18.2. The van der Waals surface area contributed by atoms with Crippen molar-refractivity contribution in [2.45, 2.75) is 37.0 Å². The Morgan fingerprint density at radius 2 is 2.00 bits per heavy atom. The van der Waals surface area contributed by atoms with Crippen molar-refractivity contribution in [3.63, 3.8) is 0 Å². The molecule has 1 heterocycles. The van der Waals surface area contributed by atoms with Crippen molar-refractivity contribution in [1.82, 2.24) is 4.90 Å². The summed E-state index contributed by atoms with van der Waals surface area (Å²) in [4.78, 5) is 26.0. The van der Waals surface area contributed by atoms with Crippen LogP contribution in [0.15, 0.2) is 35.2 Å². The first kappa shape index (κ1) is 16.9. The average Bonchev–Trinajstić information content (AvgIpc) is 2.54. The van der Waals surface area contributed by atoms with Crippen LogP contribution in [0.25, 0.3) is 0 Å². The number of carboxylic acids is 1. The van der Waals surface area contributed by atoms with E-state index in [1.54, 1.807) is 11.8 Å². The lowest BCUT2D eigenvalue weighted by Crippen LogP contribution is -2.40. The molecule has 2 rings (SSSR count). The number of nitrogens with zero attached hydrogens (tertiary/aromatic N) is 1. The number of benzene rings is 1. The van der Waals surface area contributed by atoms with E-state index in [0.29, 0.717) is 18.8 Å². The van der Waals surface area contributed by atoms with Gasteiger partial charge in [0.1, 0.15) is 0 Å². The first-order valence-electron chi connectivity index (χ1n) is 7.82. The molecule has 1 N–H and O–H groups in total. The Hall–Kier alpha value is -1.49. The Labute approximate surface area is 135 Å². The number of aliphatic carboxylic acids is 1. The predicted octanol–water partition coefficient (Wildman–Crippen LogP) is 3.27. The van der Waals surface area contributed by atoms with Crippen molar-refractivity contribution in [3.8, 4) is 0 Å². The minimum Gasteiger partial charge on any atom is -0.481 e. The fourth-order valence-corrected chi connectivity index (χ4v) is 3.65. The molecule has 1 aliphatic rings. The molecule has 22 heavy (non-hydrogen) atoms. The maximum Gasteiger partial charge on any atom is 0.303 e. The van der Waals surface area contributed by atoms with Crippen LogP contribution in [0.3, 0.4) is 0 Å². The molecule has 1 fully saturated rings. The van der Waals surface area contributed by atoms with Gasteiger partial charge in [-0.2, -0.15) is 0 Å². The SMILES string of the molecule is O=C(O)CCC1CCCN(C(=O)CCSc2ccccc2)C1. The molecule has 0 aliphatic carbocycles. The second-order valence-corrected chi connectivity index (χ2v) is 6.86. The molecule has 1 aliphatic heterocycles. The van der Waals surface area contributed by atoms with Crippen LogP contribution in [-0.4, -0.2) is 40.7 Å². The summed E-state index contributed by atoms with van der Waals surface area (Å²) >= 11 is 1.70. The number of rotatable bonds is 7. The number of carbonyl (C=O) groups excluding carboxylic acids is 1. The number of thioether (sulfide) groups is 1. The Kier molecular flexibility index (Phi) is 6.77. The summed E-state index contributed by atoms with van der Waals surface area (Å²) in [5.41, 5.74) is 0. The monoisotopic (exact) mass is 321 g/mol. The fourth-order valence-electron chi connectivity index (χ4n) is 2.79. The van der Waals surface area contributed by atoms with Crippen LogP contribution in [0.2, 0.25) is 0 Å². The number of carbonyl (C=O) groups is 2. The van der Waals surface area contributed by atoms with Gasteiger partial charge in [-0.05, 0) is 37.3 Å². The van der Waals surface area contributed by atoms with Crippen LogP contribution in [0, 0.1) is 5.92 Å². The van der Waals surface area contributed by atoms with Gasteiger partial charge in [0.15, 0.2) is 0 Å². The first-order valence-corrected chi connectivity index (χ1v) is 8.81. The van der Waals surface area contributed by atoms with Crippen LogP contribution in [0.4, 0.5) is 0 Å². The topological polar surface area (TPSA) is 57.6 Å². The third kappa shape index (κ3) is 5.72. The lowest BCUT2D eigenvalue weighted by Gasteiger charge is -2.32. The second kappa shape index (κ2) is 8.83. The summed E-state index contributed by atoms with van der Waals surface area (Å²) in [5, 5.41) is 8.76. The third-order valence-corrected chi connectivity index (χ3v) is 4.98. The average molecular weight is 321 g/mol. The number of hydrogen-bond acceptors (Lipinski definition) is 3. The van der Waals surface area contributed by atoms with Crippen LogP contribution in [0.1, 0.15) is 32.1 Å². The van der Waals surface area contributed by atoms with Crippen molar-refractivity contribution in [3.05, 3.63) is 30.3 Å². The van der Waals surface area contributed by atoms with Gasteiger partial charge in [0.05, 0.1) is 0 Å². The van der Waals surface area contributed by atoms with Crippen LogP contribution in [0.5, 0.6) is 0 Å². The standard InChI is InChI=1S/C17H23NO3S/c19-16(10-12-22-15-6-2-1-3-7-15)18-11-4-5-14(13-18)8-9-17(20)21/h1-3,6-7,14H,4-5,8-13H2,(H,20,21). The van der Waals surface area contributed by atoms with Gasteiger partial charge in [-0.25, -0.2) is 0 Å². The van der Waals surface area contributed by atoms with Crippen molar-refractivity contribution in [2.75, 3.05) is 18.8 Å². The molecule has 0 saturated carbocycles. The van der Waals surface area contributed by atoms with E-state index in [0.717, 1.165) is 31.7 Å². The predicted molar refractivity (Wildman–Crippen MR) is 88.0 cm³/mol. The summed E-state index contributed by atoms with van der Waals surface area (Å²) in [5.74, 6) is 0.584. The van der Waals surface area contributed by atoms with Gasteiger partial charge in [-0.3, -0.25) is 9.59 Å². The molecule has 1 unspecified atom stereocenters. The van der Waals surface area contributed by atoms with Gasteiger partial charge in [0.2, 0.25) is 5.91 Å². The molecule has 0 aromatic heterocycles. The molecule has 1 aromatic carbocycles. The Bertz CT molecular complexity index is 492. The van der Waals surface area contributed by atoms with Crippen LogP contribution < -0.4 is 0 Å². The zero-order chi connectivity index (χ0) is 15.8. The highest BCUT2D eigenvalue weighted by molar-refractivity contribution is 7.99. The van der Waals surface area contributed by atoms with Crippen molar-refractivity contribution < 1.29 is 14.7 Å². The highest BCUT2D eigenvalue weighted by Gasteiger charge is 2.23. The summed E-state index contributed by atoms with van der Waals surface area (Å²) in [6, 6.07) is 10.1. The number of likely N-dealkylation sites (tertiary alicyclic amines) is 1. The lowest BCUT2D eigenvalue weighted by atomic mass is 9.93. The highest BCUT2D eigenvalue weighted by atomic mass is 32.2. The van der Waals surface area contributed by atoms with E-state index in [-0.39, 0.29) is 12.3 Å². The van der Waals surface area contributed by atoms with Gasteiger partial charge >= 0.3 is 5.97 Å². The Morgan fingerprint density at radius 1 is 1.23 bits per heavy atom. The molecule has 1 atom stereocenters. The molecular weight excluding hydrogens is 298 g/mol. The summed E-state index contributed by atoms with van der Waals surface area (Å²) in [6.45, 7) is 1.54. The first-order chi connectivity index (χ1) is 10.6. The molecule has 1 saturated heterocycles. The molecule has 1 aromatic rings. The fraction of sp³-hybridized carbons (Fsp3) is 0.529. The molecule has 5 heteroatoms. The number of hydrogen-bond donors (Lipinski definition) is 1. The minimum absolute atomic E-state index is 0.198. The zero-order valence-electron chi connectivity index (χ0n) is 12.7. The molecule has 0 radical (unpaired) electrons. The Balaban J connectivity index is 1.71. The summed E-state index contributed by atoms with van der Waals surface area (Å²) in [7, 11) is 0. The van der Waals surface area contributed by atoms with E-state index in [9.17, 15) is 9.59 Å². The summed E-state index contributed by atoms with van der Waals surface area (Å²) < 4.78 is 0. The van der Waals surface area contributed by atoms with E-state index in [2.05, 4.69) is 12.1 Å². The quantitative estimate of drug-likeness (QED) is 0.783. The van der Waals surface area contributed by atoms with Gasteiger partial charge in [0, 0.05) is 36.6 Å². The molecule has 1 amide bonds.